The van der Waals surface area contributed by atoms with Gasteiger partial charge in [0.05, 0.1) is 5.69 Å². The molecule has 2 N–H and O–H groups in total. The lowest BCUT2D eigenvalue weighted by molar-refractivity contribution is 0.126. The zero-order valence-corrected chi connectivity index (χ0v) is 20.8. The van der Waals surface area contributed by atoms with Crippen molar-refractivity contribution in [1.29, 1.82) is 0 Å². The van der Waals surface area contributed by atoms with Gasteiger partial charge in [-0.15, -0.1) is 0 Å². The van der Waals surface area contributed by atoms with Gasteiger partial charge >= 0.3 is 6.03 Å². The van der Waals surface area contributed by atoms with Gasteiger partial charge in [0.25, 0.3) is 0 Å². The van der Waals surface area contributed by atoms with Crippen molar-refractivity contribution in [1.82, 2.24) is 4.98 Å². The highest BCUT2D eigenvalue weighted by molar-refractivity contribution is 7.91. The molecule has 3 aromatic rings. The van der Waals surface area contributed by atoms with Crippen molar-refractivity contribution in [2.24, 2.45) is 11.1 Å². The van der Waals surface area contributed by atoms with Crippen LogP contribution < -0.4 is 14.9 Å². The Kier molecular flexibility index (Phi) is 6.41. The average Bonchev–Trinajstić information content (AvgIpc) is 3.17. The van der Waals surface area contributed by atoms with E-state index in [0.29, 0.717) is 11.3 Å². The number of benzene rings is 2. The van der Waals surface area contributed by atoms with E-state index in [9.17, 15) is 22.0 Å². The van der Waals surface area contributed by atoms with E-state index < -0.39 is 39.3 Å². The standard InChI is InChI=1S/C23H23F3N4O3S2/c1-13-20(35(27,32)33)34-21(28-13)30-12-15(23(2,3)26)11-29(22(30)31)17-7-4-14(5-8-17)18-10-16(24)6-9-19(18)25/h4-10,15H,11-12H2,1-3H3,(H2,27,32,33)/t15-/m0/s1. The molecule has 0 unspecified atom stereocenters. The fourth-order valence-electron chi connectivity index (χ4n) is 3.90. The number of nitrogens with two attached hydrogens (primary N) is 1. The van der Waals surface area contributed by atoms with Crippen molar-refractivity contribution >= 4 is 38.2 Å². The SMILES string of the molecule is Cc1nc(N2C[C@@H](C(C)(C)F)CN(c3ccc(-c4cc(F)ccc4F)cc3)C2=O)sc1S(N)(=O)=O. The summed E-state index contributed by atoms with van der Waals surface area (Å²) >= 11 is 0.744. The molecule has 2 amide bonds. The zero-order chi connectivity index (χ0) is 25.7. The molecule has 0 radical (unpaired) electrons. The summed E-state index contributed by atoms with van der Waals surface area (Å²) in [5, 5.41) is 5.34. The molecule has 2 heterocycles. The number of halogens is 3. The number of nitrogens with zero attached hydrogens (tertiary/aromatic N) is 3. The molecule has 0 saturated carbocycles. The summed E-state index contributed by atoms with van der Waals surface area (Å²) in [4.78, 5) is 20.2. The van der Waals surface area contributed by atoms with Gasteiger partial charge in [-0.05, 0) is 56.7 Å². The summed E-state index contributed by atoms with van der Waals surface area (Å²) in [5.41, 5.74) is -0.636. The molecule has 0 bridgehead atoms. The second kappa shape index (κ2) is 8.92. The minimum absolute atomic E-state index is 0.0115. The molecular weight excluding hydrogens is 501 g/mol. The molecule has 1 aliphatic rings. The number of sulfonamides is 1. The van der Waals surface area contributed by atoms with E-state index >= 15 is 4.39 Å². The summed E-state index contributed by atoms with van der Waals surface area (Å²) < 4.78 is 66.4. The van der Waals surface area contributed by atoms with Gasteiger partial charge in [0.15, 0.2) is 9.34 Å². The summed E-state index contributed by atoms with van der Waals surface area (Å²) in [6.07, 6.45) is 0. The molecule has 12 heteroatoms. The van der Waals surface area contributed by atoms with Crippen molar-refractivity contribution in [2.45, 2.75) is 30.6 Å². The Morgan fingerprint density at radius 2 is 1.71 bits per heavy atom. The maximum absolute atomic E-state index is 15.0. The van der Waals surface area contributed by atoms with Gasteiger partial charge in [-0.25, -0.2) is 36.5 Å². The molecule has 35 heavy (non-hydrogen) atoms. The average molecular weight is 525 g/mol. The Balaban J connectivity index is 1.71. The van der Waals surface area contributed by atoms with Gasteiger partial charge < -0.3 is 0 Å². The predicted molar refractivity (Wildman–Crippen MR) is 129 cm³/mol. The van der Waals surface area contributed by atoms with Crippen LogP contribution in [0.3, 0.4) is 0 Å². The third-order valence-corrected chi connectivity index (χ3v) is 8.62. The predicted octanol–water partition coefficient (Wildman–Crippen LogP) is 4.86. The number of hydrogen-bond donors (Lipinski definition) is 1. The molecule has 1 aromatic heterocycles. The number of urea groups is 1. The van der Waals surface area contributed by atoms with Crippen molar-refractivity contribution in [3.63, 3.8) is 0 Å². The van der Waals surface area contributed by atoms with Crippen molar-refractivity contribution in [2.75, 3.05) is 22.9 Å². The van der Waals surface area contributed by atoms with Gasteiger partial charge in [-0.3, -0.25) is 9.80 Å². The highest BCUT2D eigenvalue weighted by Crippen LogP contribution is 2.37. The van der Waals surface area contributed by atoms with Crippen LogP contribution in [0.2, 0.25) is 0 Å². The number of hydrogen-bond acceptors (Lipinski definition) is 5. The number of aromatic nitrogens is 1. The summed E-state index contributed by atoms with van der Waals surface area (Å²) in [7, 11) is -4.04. The normalized spacial score (nSPS) is 17.2. The highest BCUT2D eigenvalue weighted by Gasteiger charge is 2.42. The fourth-order valence-corrected chi connectivity index (χ4v) is 5.85. The molecule has 0 spiro atoms. The first-order valence-corrected chi connectivity index (χ1v) is 13.0. The lowest BCUT2D eigenvalue weighted by atomic mass is 9.90. The first kappa shape index (κ1) is 25.1. The number of thiazole rings is 1. The van der Waals surface area contributed by atoms with E-state index in [-0.39, 0.29) is 33.7 Å². The highest BCUT2D eigenvalue weighted by atomic mass is 32.2. The van der Waals surface area contributed by atoms with Gasteiger partial charge in [0, 0.05) is 30.3 Å². The Hall–Kier alpha value is -2.96. The fraction of sp³-hybridized carbons (Fsp3) is 0.304. The lowest BCUT2D eigenvalue weighted by Crippen LogP contribution is -2.57. The van der Waals surface area contributed by atoms with Gasteiger partial charge in [-0.1, -0.05) is 23.5 Å². The monoisotopic (exact) mass is 524 g/mol. The Bertz CT molecular complexity index is 1390. The van der Waals surface area contributed by atoms with Gasteiger partial charge in [0.2, 0.25) is 10.0 Å². The van der Waals surface area contributed by atoms with Crippen molar-refractivity contribution < 1.29 is 26.4 Å². The van der Waals surface area contributed by atoms with Crippen LogP contribution in [-0.4, -0.2) is 38.2 Å². The lowest BCUT2D eigenvalue weighted by Gasteiger charge is -2.42. The van der Waals surface area contributed by atoms with Crippen LogP contribution in [0.25, 0.3) is 11.1 Å². The number of carbonyl (C=O) groups excluding carboxylic acids is 1. The van der Waals surface area contributed by atoms with Gasteiger partial charge in [0.1, 0.15) is 17.3 Å². The first-order valence-electron chi connectivity index (χ1n) is 10.6. The number of alkyl halides is 1. The third-order valence-electron chi connectivity index (χ3n) is 5.89. The maximum Gasteiger partial charge on any atom is 0.330 e. The molecule has 0 aliphatic carbocycles. The van der Waals surface area contributed by atoms with Crippen LogP contribution in [0.4, 0.5) is 28.8 Å². The molecule has 2 aromatic carbocycles. The molecular formula is C23H23F3N4O3S2. The quantitative estimate of drug-likeness (QED) is 0.516. The van der Waals surface area contributed by atoms with E-state index in [1.54, 1.807) is 24.3 Å². The summed E-state index contributed by atoms with van der Waals surface area (Å²) in [5.74, 6) is -1.82. The number of carbonyl (C=O) groups is 1. The van der Waals surface area contributed by atoms with E-state index in [0.717, 1.165) is 29.5 Å². The second-order valence-electron chi connectivity index (χ2n) is 8.85. The molecule has 1 fully saturated rings. The Labute approximate surface area is 205 Å². The third kappa shape index (κ3) is 5.04. The summed E-state index contributed by atoms with van der Waals surface area (Å²) in [6.45, 7) is 4.32. The van der Waals surface area contributed by atoms with Crippen LogP contribution >= 0.6 is 11.3 Å². The Morgan fingerprint density at radius 1 is 1.09 bits per heavy atom. The van der Waals surface area contributed by atoms with Crippen LogP contribution in [0, 0.1) is 24.5 Å². The minimum atomic E-state index is -4.04. The summed E-state index contributed by atoms with van der Waals surface area (Å²) in [6, 6.07) is 8.82. The molecule has 1 aliphatic heterocycles. The molecule has 7 nitrogen and oxygen atoms in total. The van der Waals surface area contributed by atoms with E-state index in [1.165, 1.54) is 30.6 Å². The maximum atomic E-state index is 15.0. The van der Waals surface area contributed by atoms with Crippen LogP contribution in [0.1, 0.15) is 19.5 Å². The number of rotatable bonds is 5. The minimum Gasteiger partial charge on any atom is -0.294 e. The zero-order valence-electron chi connectivity index (χ0n) is 19.1. The molecule has 1 saturated heterocycles. The molecule has 1 atom stereocenters. The van der Waals surface area contributed by atoms with E-state index in [4.69, 9.17) is 5.14 Å². The van der Waals surface area contributed by atoms with Crippen molar-refractivity contribution in [3.8, 4) is 11.1 Å². The van der Waals surface area contributed by atoms with E-state index in [1.807, 2.05) is 0 Å². The van der Waals surface area contributed by atoms with Crippen LogP contribution in [-0.2, 0) is 10.0 Å². The second-order valence-corrected chi connectivity index (χ2v) is 11.6. The van der Waals surface area contributed by atoms with Crippen molar-refractivity contribution in [3.05, 3.63) is 59.8 Å². The number of anilines is 2. The number of aryl methyl sites for hydroxylation is 1. The molecule has 186 valence electrons. The largest absolute Gasteiger partial charge is 0.330 e. The molecule has 4 rings (SSSR count). The van der Waals surface area contributed by atoms with Gasteiger partial charge in [-0.2, -0.15) is 0 Å². The number of amides is 2. The number of primary sulfonamides is 1. The smallest absolute Gasteiger partial charge is 0.294 e. The topological polar surface area (TPSA) is 96.6 Å². The van der Waals surface area contributed by atoms with Crippen LogP contribution in [0.5, 0.6) is 0 Å². The van der Waals surface area contributed by atoms with Crippen LogP contribution in [0.15, 0.2) is 46.7 Å². The Morgan fingerprint density at radius 3 is 2.29 bits per heavy atom. The van der Waals surface area contributed by atoms with E-state index in [2.05, 4.69) is 4.98 Å². The first-order chi connectivity index (χ1) is 16.3.